The van der Waals surface area contributed by atoms with Crippen molar-refractivity contribution in [2.75, 3.05) is 0 Å². The van der Waals surface area contributed by atoms with Gasteiger partial charge in [0, 0.05) is 6.42 Å². The molecule has 29 heavy (non-hydrogen) atoms. The number of carboxylic acids is 1. The molecular weight excluding hydrogens is 374 g/mol. The predicted molar refractivity (Wildman–Crippen MR) is 107 cm³/mol. The summed E-state index contributed by atoms with van der Waals surface area (Å²) in [5.74, 6) is -1.62. The van der Waals surface area contributed by atoms with Gasteiger partial charge in [-0.05, 0) is 37.2 Å². The van der Waals surface area contributed by atoms with Crippen molar-refractivity contribution in [3.63, 3.8) is 0 Å². The molecule has 1 aromatic carbocycles. The first-order valence-corrected chi connectivity index (χ1v) is 9.70. The number of alkyl carbamates (subject to hydrolysis) is 1. The Morgan fingerprint density at radius 3 is 2.38 bits per heavy atom. The molecule has 3 N–H and O–H groups in total. The number of ether oxygens (including phenoxy) is 1. The molecule has 0 unspecified atom stereocenters. The van der Waals surface area contributed by atoms with E-state index in [9.17, 15) is 19.5 Å². The van der Waals surface area contributed by atoms with Crippen LogP contribution in [0.15, 0.2) is 30.3 Å². The van der Waals surface area contributed by atoms with Crippen LogP contribution in [-0.2, 0) is 20.9 Å². The van der Waals surface area contributed by atoms with Crippen molar-refractivity contribution in [1.29, 1.82) is 5.26 Å². The summed E-state index contributed by atoms with van der Waals surface area (Å²) in [5, 5.41) is 22.9. The van der Waals surface area contributed by atoms with E-state index in [2.05, 4.69) is 10.6 Å². The molecule has 2 atom stereocenters. The topological polar surface area (TPSA) is 129 Å². The van der Waals surface area contributed by atoms with Crippen LogP contribution in [0.4, 0.5) is 4.79 Å². The Bertz CT molecular complexity index is 700. The SMILES string of the molecule is CC(C)C[C@H](NC(=O)OCc1ccccc1)C(=O)N[C@H](CCCCC#N)C(=O)O. The van der Waals surface area contributed by atoms with Gasteiger partial charge in [0.15, 0.2) is 0 Å². The van der Waals surface area contributed by atoms with E-state index in [1.54, 1.807) is 0 Å². The highest BCUT2D eigenvalue weighted by atomic mass is 16.5. The summed E-state index contributed by atoms with van der Waals surface area (Å²) >= 11 is 0. The van der Waals surface area contributed by atoms with Gasteiger partial charge in [-0.2, -0.15) is 5.26 Å². The molecule has 0 aromatic heterocycles. The van der Waals surface area contributed by atoms with E-state index in [0.717, 1.165) is 5.56 Å². The first-order valence-electron chi connectivity index (χ1n) is 9.70. The fourth-order valence-corrected chi connectivity index (χ4v) is 2.69. The Balaban J connectivity index is 2.64. The van der Waals surface area contributed by atoms with Crippen molar-refractivity contribution >= 4 is 18.0 Å². The van der Waals surface area contributed by atoms with Gasteiger partial charge in [-0.15, -0.1) is 0 Å². The number of nitriles is 1. The van der Waals surface area contributed by atoms with Gasteiger partial charge in [0.05, 0.1) is 6.07 Å². The van der Waals surface area contributed by atoms with Crippen molar-refractivity contribution in [3.8, 4) is 6.07 Å². The van der Waals surface area contributed by atoms with Crippen LogP contribution in [0.5, 0.6) is 0 Å². The first kappa shape index (κ1) is 24.0. The molecule has 0 aliphatic carbocycles. The predicted octanol–water partition coefficient (Wildman–Crippen LogP) is 2.98. The monoisotopic (exact) mass is 403 g/mol. The van der Waals surface area contributed by atoms with Crippen LogP contribution < -0.4 is 10.6 Å². The molecule has 0 radical (unpaired) electrons. The number of amides is 2. The van der Waals surface area contributed by atoms with Crippen molar-refractivity contribution in [2.24, 2.45) is 5.92 Å². The maximum Gasteiger partial charge on any atom is 0.408 e. The number of aliphatic carboxylic acids is 1. The zero-order valence-corrected chi connectivity index (χ0v) is 16.9. The van der Waals surface area contributed by atoms with Gasteiger partial charge in [0.25, 0.3) is 0 Å². The van der Waals surface area contributed by atoms with Crippen LogP contribution >= 0.6 is 0 Å². The van der Waals surface area contributed by atoms with Gasteiger partial charge in [-0.25, -0.2) is 9.59 Å². The summed E-state index contributed by atoms with van der Waals surface area (Å²) in [4.78, 5) is 36.1. The second-order valence-electron chi connectivity index (χ2n) is 7.19. The van der Waals surface area contributed by atoms with E-state index >= 15 is 0 Å². The highest BCUT2D eigenvalue weighted by Gasteiger charge is 2.27. The molecule has 0 aliphatic rings. The van der Waals surface area contributed by atoms with Gasteiger partial charge in [-0.1, -0.05) is 44.2 Å². The van der Waals surface area contributed by atoms with Crippen molar-refractivity contribution < 1.29 is 24.2 Å². The van der Waals surface area contributed by atoms with Crippen molar-refractivity contribution in [1.82, 2.24) is 10.6 Å². The van der Waals surface area contributed by atoms with Crippen LogP contribution in [-0.4, -0.2) is 35.2 Å². The summed E-state index contributed by atoms with van der Waals surface area (Å²) in [6.45, 7) is 3.86. The zero-order valence-electron chi connectivity index (χ0n) is 16.9. The summed E-state index contributed by atoms with van der Waals surface area (Å²) < 4.78 is 5.16. The van der Waals surface area contributed by atoms with Gasteiger partial charge in [0.2, 0.25) is 5.91 Å². The standard InChI is InChI=1S/C21H29N3O5/c1-15(2)13-18(24-21(28)29-14-16-9-5-3-6-10-16)19(25)23-17(20(26)27)11-7-4-8-12-22/h3,5-6,9-10,15,17-18H,4,7-8,11,13-14H2,1-2H3,(H,23,25)(H,24,28)(H,26,27)/t17-,18+/m1/s1. The summed E-state index contributed by atoms with van der Waals surface area (Å²) in [6.07, 6.45) is 1.23. The lowest BCUT2D eigenvalue weighted by atomic mass is 10.0. The largest absolute Gasteiger partial charge is 0.480 e. The highest BCUT2D eigenvalue weighted by molar-refractivity contribution is 5.89. The normalized spacial score (nSPS) is 12.5. The quantitative estimate of drug-likeness (QED) is 0.460. The molecular formula is C21H29N3O5. The van der Waals surface area contributed by atoms with Gasteiger partial charge >= 0.3 is 12.1 Å². The third-order valence-corrected chi connectivity index (χ3v) is 4.17. The molecule has 0 aliphatic heterocycles. The van der Waals surface area contributed by atoms with E-state index in [1.807, 2.05) is 50.2 Å². The Hall–Kier alpha value is -3.08. The number of benzene rings is 1. The number of unbranched alkanes of at least 4 members (excludes halogenated alkanes) is 2. The van der Waals surface area contributed by atoms with Crippen LogP contribution in [0, 0.1) is 17.2 Å². The average Bonchev–Trinajstić information content (AvgIpc) is 2.68. The maximum atomic E-state index is 12.6. The Morgan fingerprint density at radius 1 is 1.10 bits per heavy atom. The summed E-state index contributed by atoms with van der Waals surface area (Å²) in [7, 11) is 0. The average molecular weight is 403 g/mol. The summed E-state index contributed by atoms with van der Waals surface area (Å²) in [6, 6.07) is 9.16. The first-order chi connectivity index (χ1) is 13.8. The van der Waals surface area contributed by atoms with Crippen LogP contribution in [0.1, 0.15) is 51.5 Å². The third kappa shape index (κ3) is 10.1. The minimum absolute atomic E-state index is 0.0688. The lowest BCUT2D eigenvalue weighted by molar-refractivity contribution is -0.142. The van der Waals surface area contributed by atoms with Crippen molar-refractivity contribution in [2.45, 2.75) is 64.6 Å². The summed E-state index contributed by atoms with van der Waals surface area (Å²) in [5.41, 5.74) is 0.816. The highest BCUT2D eigenvalue weighted by Crippen LogP contribution is 2.09. The Kier molecular flexibility index (Phi) is 10.9. The van der Waals surface area contributed by atoms with E-state index in [-0.39, 0.29) is 18.9 Å². The van der Waals surface area contributed by atoms with Gasteiger partial charge < -0.3 is 20.5 Å². The molecule has 0 saturated heterocycles. The molecule has 0 bridgehead atoms. The van der Waals surface area contributed by atoms with Crippen molar-refractivity contribution in [3.05, 3.63) is 35.9 Å². The number of hydrogen-bond donors (Lipinski definition) is 3. The van der Waals surface area contributed by atoms with Crippen LogP contribution in [0.2, 0.25) is 0 Å². The van der Waals surface area contributed by atoms with Crippen LogP contribution in [0.3, 0.4) is 0 Å². The van der Waals surface area contributed by atoms with Gasteiger partial charge in [0.1, 0.15) is 18.7 Å². The molecule has 0 heterocycles. The van der Waals surface area contributed by atoms with E-state index in [4.69, 9.17) is 10.00 Å². The Labute approximate surface area is 171 Å². The van der Waals surface area contributed by atoms with E-state index < -0.39 is 30.1 Å². The van der Waals surface area contributed by atoms with E-state index in [0.29, 0.717) is 25.7 Å². The van der Waals surface area contributed by atoms with E-state index in [1.165, 1.54) is 0 Å². The number of hydrogen-bond acceptors (Lipinski definition) is 5. The molecule has 158 valence electrons. The molecule has 0 fully saturated rings. The minimum atomic E-state index is -1.15. The zero-order chi connectivity index (χ0) is 21.6. The number of carbonyl (C=O) groups is 3. The second kappa shape index (κ2) is 13.2. The third-order valence-electron chi connectivity index (χ3n) is 4.17. The molecule has 2 amide bonds. The van der Waals surface area contributed by atoms with Crippen LogP contribution in [0.25, 0.3) is 0 Å². The molecule has 8 nitrogen and oxygen atoms in total. The molecule has 0 spiro atoms. The fourth-order valence-electron chi connectivity index (χ4n) is 2.69. The second-order valence-corrected chi connectivity index (χ2v) is 7.19. The smallest absolute Gasteiger partial charge is 0.408 e. The van der Waals surface area contributed by atoms with Gasteiger partial charge in [-0.3, -0.25) is 4.79 Å². The number of carbonyl (C=O) groups excluding carboxylic acids is 2. The number of nitrogens with one attached hydrogen (secondary N) is 2. The fraction of sp³-hybridized carbons (Fsp3) is 0.524. The maximum absolute atomic E-state index is 12.6. The molecule has 8 heteroatoms. The number of nitrogens with zero attached hydrogens (tertiary/aromatic N) is 1. The lowest BCUT2D eigenvalue weighted by Crippen LogP contribution is -2.52. The lowest BCUT2D eigenvalue weighted by Gasteiger charge is -2.22. The Morgan fingerprint density at radius 2 is 1.79 bits per heavy atom. The molecule has 1 rings (SSSR count). The minimum Gasteiger partial charge on any atom is -0.480 e. The number of carboxylic acid groups (broad SMARTS) is 1. The molecule has 1 aromatic rings. The molecule has 0 saturated carbocycles. The number of rotatable bonds is 12.